The van der Waals surface area contributed by atoms with Crippen molar-refractivity contribution in [3.63, 3.8) is 0 Å². The molecule has 0 N–H and O–H groups in total. The number of fused-ring (bicyclic) bond motifs is 3. The van der Waals surface area contributed by atoms with E-state index >= 15 is 0 Å². The summed E-state index contributed by atoms with van der Waals surface area (Å²) >= 11 is 3.49. The van der Waals surface area contributed by atoms with Crippen LogP contribution in [0.1, 0.15) is 30.0 Å². The number of benzene rings is 2. The van der Waals surface area contributed by atoms with E-state index in [4.69, 9.17) is 4.74 Å². The van der Waals surface area contributed by atoms with Crippen molar-refractivity contribution in [2.75, 3.05) is 13.7 Å². The Morgan fingerprint density at radius 2 is 1.69 bits per heavy atom. The summed E-state index contributed by atoms with van der Waals surface area (Å²) in [6.07, 6.45) is 2.07. The Hall–Kier alpha value is -2.18. The first-order valence-corrected chi connectivity index (χ1v) is 10.9. The van der Waals surface area contributed by atoms with Gasteiger partial charge in [0, 0.05) is 16.6 Å². The molecule has 3 heterocycles. The number of carbonyl (C=O) groups is 2. The number of imide groups is 1. The van der Waals surface area contributed by atoms with Crippen molar-refractivity contribution in [3.8, 4) is 5.75 Å². The number of rotatable bonds is 4. The average Bonchev–Trinajstić information content (AvgIpc) is 3.38. The van der Waals surface area contributed by atoms with E-state index in [1.807, 2.05) is 36.4 Å². The third kappa shape index (κ3) is 3.01. The van der Waals surface area contributed by atoms with Crippen molar-refractivity contribution in [3.05, 3.63) is 64.1 Å². The van der Waals surface area contributed by atoms with Gasteiger partial charge in [-0.2, -0.15) is 0 Å². The third-order valence-corrected chi connectivity index (χ3v) is 7.18. The van der Waals surface area contributed by atoms with E-state index in [0.29, 0.717) is 6.54 Å². The van der Waals surface area contributed by atoms with Crippen LogP contribution in [-0.2, 0) is 16.1 Å². The van der Waals surface area contributed by atoms with Crippen LogP contribution in [-0.4, -0.2) is 41.3 Å². The Bertz CT molecular complexity index is 944. The molecule has 5 nitrogen and oxygen atoms in total. The van der Waals surface area contributed by atoms with Crippen molar-refractivity contribution >= 4 is 27.7 Å². The molecule has 3 aliphatic heterocycles. The number of halogens is 1. The van der Waals surface area contributed by atoms with Gasteiger partial charge in [0.15, 0.2) is 0 Å². The quantitative estimate of drug-likeness (QED) is 0.659. The molecular formula is C23H23BrN2O3. The first-order valence-electron chi connectivity index (χ1n) is 10.1. The lowest BCUT2D eigenvalue weighted by atomic mass is 9.85. The summed E-state index contributed by atoms with van der Waals surface area (Å²) in [4.78, 5) is 30.7. The summed E-state index contributed by atoms with van der Waals surface area (Å²) in [5.41, 5.74) is 2.07. The third-order valence-electron chi connectivity index (χ3n) is 6.65. The summed E-state index contributed by atoms with van der Waals surface area (Å²) in [6, 6.07) is 15.9. The predicted molar refractivity (Wildman–Crippen MR) is 112 cm³/mol. The molecule has 2 amide bonds. The molecule has 3 fully saturated rings. The van der Waals surface area contributed by atoms with Gasteiger partial charge in [-0.15, -0.1) is 0 Å². The minimum absolute atomic E-state index is 0.00710. The monoisotopic (exact) mass is 454 g/mol. The van der Waals surface area contributed by atoms with E-state index in [1.54, 1.807) is 7.11 Å². The van der Waals surface area contributed by atoms with E-state index in [1.165, 1.54) is 4.90 Å². The fourth-order valence-electron chi connectivity index (χ4n) is 5.39. The van der Waals surface area contributed by atoms with Crippen molar-refractivity contribution in [1.82, 2.24) is 9.80 Å². The molecule has 0 radical (unpaired) electrons. The van der Waals surface area contributed by atoms with Crippen molar-refractivity contribution < 1.29 is 14.3 Å². The first-order chi connectivity index (χ1) is 14.1. The Balaban J connectivity index is 1.46. The summed E-state index contributed by atoms with van der Waals surface area (Å²) in [6.45, 7) is 1.28. The van der Waals surface area contributed by atoms with Crippen molar-refractivity contribution in [2.45, 2.75) is 31.5 Å². The van der Waals surface area contributed by atoms with Gasteiger partial charge in [-0.25, -0.2) is 0 Å². The Morgan fingerprint density at radius 3 is 2.38 bits per heavy atom. The van der Waals surface area contributed by atoms with Crippen LogP contribution in [0.15, 0.2) is 53.0 Å². The van der Waals surface area contributed by atoms with Crippen LogP contribution in [0.25, 0.3) is 0 Å². The largest absolute Gasteiger partial charge is 0.497 e. The minimum atomic E-state index is -0.285. The molecule has 3 aliphatic rings. The maximum atomic E-state index is 13.5. The normalized spacial score (nSPS) is 28.7. The number of amides is 2. The molecule has 29 heavy (non-hydrogen) atoms. The van der Waals surface area contributed by atoms with Gasteiger partial charge in [-0.05, 0) is 54.8 Å². The molecule has 4 atom stereocenters. The second-order valence-corrected chi connectivity index (χ2v) is 9.02. The number of methoxy groups -OCH3 is 1. The van der Waals surface area contributed by atoms with E-state index in [2.05, 4.69) is 33.0 Å². The number of nitrogens with zero attached hydrogens (tertiary/aromatic N) is 2. The summed E-state index contributed by atoms with van der Waals surface area (Å²) < 4.78 is 6.22. The van der Waals surface area contributed by atoms with Gasteiger partial charge in [-0.3, -0.25) is 19.4 Å². The topological polar surface area (TPSA) is 49.9 Å². The molecule has 5 rings (SSSR count). The summed E-state index contributed by atoms with van der Waals surface area (Å²) in [5.74, 6) is 0.219. The minimum Gasteiger partial charge on any atom is -0.497 e. The molecule has 0 spiro atoms. The Morgan fingerprint density at radius 1 is 1.00 bits per heavy atom. The van der Waals surface area contributed by atoms with Crippen LogP contribution in [0.5, 0.6) is 5.75 Å². The SMILES string of the molecule is COc1ccc(CN2C(=O)[C@@H]3[C@H](C2=O)[C@H](c2ccc(Br)cc2)N2CCC[C@@H]32)cc1. The number of hydrogen-bond donors (Lipinski definition) is 0. The van der Waals surface area contributed by atoms with Crippen LogP contribution in [0.2, 0.25) is 0 Å². The van der Waals surface area contributed by atoms with Gasteiger partial charge in [0.05, 0.1) is 25.5 Å². The zero-order valence-corrected chi connectivity index (χ0v) is 17.8. The molecule has 6 heteroatoms. The fourth-order valence-corrected chi connectivity index (χ4v) is 5.66. The first kappa shape index (κ1) is 18.8. The van der Waals surface area contributed by atoms with Crippen LogP contribution < -0.4 is 4.74 Å². The summed E-state index contributed by atoms with van der Waals surface area (Å²) in [5, 5.41) is 0. The summed E-state index contributed by atoms with van der Waals surface area (Å²) in [7, 11) is 1.62. The molecule has 3 saturated heterocycles. The Labute approximate surface area is 178 Å². The molecule has 0 bridgehead atoms. The molecule has 0 aromatic heterocycles. The maximum Gasteiger partial charge on any atom is 0.235 e. The Kier molecular flexibility index (Phi) is 4.71. The predicted octanol–water partition coefficient (Wildman–Crippen LogP) is 3.78. The van der Waals surface area contributed by atoms with Gasteiger partial charge >= 0.3 is 0 Å². The lowest BCUT2D eigenvalue weighted by Gasteiger charge is -2.29. The molecular weight excluding hydrogens is 432 g/mol. The molecule has 0 aliphatic carbocycles. The van der Waals surface area contributed by atoms with E-state index < -0.39 is 0 Å². The van der Waals surface area contributed by atoms with Crippen LogP contribution >= 0.6 is 15.9 Å². The van der Waals surface area contributed by atoms with Gasteiger partial charge in [-0.1, -0.05) is 40.2 Å². The van der Waals surface area contributed by atoms with E-state index in [-0.39, 0.29) is 35.7 Å². The van der Waals surface area contributed by atoms with Crippen LogP contribution in [0, 0.1) is 11.8 Å². The number of likely N-dealkylation sites (tertiary alicyclic amines) is 1. The number of carbonyl (C=O) groups excluding carboxylic acids is 2. The standard InChI is InChI=1S/C23H23BrN2O3/c1-29-17-10-4-14(5-11-17)13-26-22(27)19-18-3-2-12-25(18)21(20(19)23(26)28)15-6-8-16(24)9-7-15/h4-11,18-21H,2-3,12-13H2,1H3/t18-,19-,20-,21-/m0/s1. The van der Waals surface area contributed by atoms with Crippen molar-refractivity contribution in [1.29, 1.82) is 0 Å². The second kappa shape index (κ2) is 7.26. The van der Waals surface area contributed by atoms with Crippen LogP contribution in [0.4, 0.5) is 0 Å². The lowest BCUT2D eigenvalue weighted by Crippen LogP contribution is -2.38. The van der Waals surface area contributed by atoms with Crippen molar-refractivity contribution in [2.24, 2.45) is 11.8 Å². The zero-order valence-electron chi connectivity index (χ0n) is 16.3. The number of hydrogen-bond acceptors (Lipinski definition) is 4. The van der Waals surface area contributed by atoms with E-state index in [9.17, 15) is 9.59 Å². The lowest BCUT2D eigenvalue weighted by molar-refractivity contribution is -0.142. The highest BCUT2D eigenvalue weighted by Crippen LogP contribution is 2.53. The van der Waals surface area contributed by atoms with Gasteiger partial charge in [0.25, 0.3) is 0 Å². The molecule has 2 aromatic carbocycles. The zero-order chi connectivity index (χ0) is 20.1. The maximum absolute atomic E-state index is 13.5. The van der Waals surface area contributed by atoms with Gasteiger partial charge in [0.1, 0.15) is 5.75 Å². The highest BCUT2D eigenvalue weighted by molar-refractivity contribution is 9.10. The number of ether oxygens (including phenoxy) is 1. The fraction of sp³-hybridized carbons (Fsp3) is 0.391. The molecule has 0 saturated carbocycles. The van der Waals surface area contributed by atoms with Crippen LogP contribution in [0.3, 0.4) is 0 Å². The molecule has 150 valence electrons. The highest BCUT2D eigenvalue weighted by atomic mass is 79.9. The van der Waals surface area contributed by atoms with Gasteiger partial charge < -0.3 is 4.74 Å². The molecule has 0 unspecified atom stereocenters. The van der Waals surface area contributed by atoms with E-state index in [0.717, 1.165) is 40.7 Å². The average molecular weight is 455 g/mol. The second-order valence-electron chi connectivity index (χ2n) is 8.11. The smallest absolute Gasteiger partial charge is 0.235 e. The molecule has 2 aromatic rings. The highest BCUT2D eigenvalue weighted by Gasteiger charge is 2.62. The van der Waals surface area contributed by atoms with Gasteiger partial charge in [0.2, 0.25) is 11.8 Å².